The first kappa shape index (κ1) is 10.5. The molecule has 3 N–H and O–H groups in total. The van der Waals surface area contributed by atoms with Crippen molar-refractivity contribution in [3.63, 3.8) is 0 Å². The summed E-state index contributed by atoms with van der Waals surface area (Å²) in [7, 11) is 0. The highest BCUT2D eigenvalue weighted by atomic mass is 14.9. The van der Waals surface area contributed by atoms with E-state index in [1.54, 1.807) is 0 Å². The Balaban J connectivity index is 2.30. The van der Waals surface area contributed by atoms with Gasteiger partial charge in [-0.05, 0) is 55.0 Å². The van der Waals surface area contributed by atoms with Crippen molar-refractivity contribution in [2.24, 2.45) is 5.92 Å². The monoisotopic (exact) mass is 204 g/mol. The van der Waals surface area contributed by atoms with Crippen LogP contribution in [0.4, 0.5) is 5.69 Å². The Labute approximate surface area is 91.9 Å². The standard InChI is InChI=1S/C13H20N2/c1-9-3-4-11(14)7-12(9)13-8-15-6-5-10(13)2/h3-4,7,10,13,15H,5-6,8,14H2,1-2H3. The van der Waals surface area contributed by atoms with Crippen LogP contribution in [0.15, 0.2) is 18.2 Å². The normalized spacial score (nSPS) is 26.5. The summed E-state index contributed by atoms with van der Waals surface area (Å²) >= 11 is 0. The van der Waals surface area contributed by atoms with Gasteiger partial charge in [-0.3, -0.25) is 0 Å². The summed E-state index contributed by atoms with van der Waals surface area (Å²) in [4.78, 5) is 0. The summed E-state index contributed by atoms with van der Waals surface area (Å²) in [6.45, 7) is 6.76. The average molecular weight is 204 g/mol. The number of hydrogen-bond donors (Lipinski definition) is 2. The Bertz CT molecular complexity index is 346. The lowest BCUT2D eigenvalue weighted by Crippen LogP contribution is -2.34. The first-order valence-electron chi connectivity index (χ1n) is 5.75. The zero-order valence-electron chi connectivity index (χ0n) is 9.59. The van der Waals surface area contributed by atoms with E-state index >= 15 is 0 Å². The molecule has 1 heterocycles. The van der Waals surface area contributed by atoms with Crippen molar-refractivity contribution in [3.05, 3.63) is 29.3 Å². The highest BCUT2D eigenvalue weighted by molar-refractivity contribution is 5.46. The first-order valence-corrected chi connectivity index (χ1v) is 5.75. The van der Waals surface area contributed by atoms with Gasteiger partial charge in [0.25, 0.3) is 0 Å². The number of nitrogen functional groups attached to an aromatic ring is 1. The van der Waals surface area contributed by atoms with E-state index in [0.717, 1.165) is 24.7 Å². The molecular formula is C13H20N2. The molecule has 1 saturated heterocycles. The molecule has 0 saturated carbocycles. The van der Waals surface area contributed by atoms with E-state index in [1.165, 1.54) is 17.5 Å². The van der Waals surface area contributed by atoms with Gasteiger partial charge in [-0.2, -0.15) is 0 Å². The number of piperidine rings is 1. The summed E-state index contributed by atoms with van der Waals surface area (Å²) < 4.78 is 0. The molecule has 1 aliphatic rings. The minimum atomic E-state index is 0.627. The number of rotatable bonds is 1. The lowest BCUT2D eigenvalue weighted by atomic mass is 9.81. The summed E-state index contributed by atoms with van der Waals surface area (Å²) in [6, 6.07) is 6.26. The fraction of sp³-hybridized carbons (Fsp3) is 0.538. The largest absolute Gasteiger partial charge is 0.399 e. The van der Waals surface area contributed by atoms with E-state index in [2.05, 4.69) is 31.3 Å². The van der Waals surface area contributed by atoms with Crippen LogP contribution in [0.5, 0.6) is 0 Å². The predicted molar refractivity (Wildman–Crippen MR) is 65.0 cm³/mol. The third-order valence-electron chi connectivity index (χ3n) is 3.53. The minimum absolute atomic E-state index is 0.627. The molecular weight excluding hydrogens is 184 g/mol. The third-order valence-corrected chi connectivity index (χ3v) is 3.53. The molecule has 2 atom stereocenters. The Morgan fingerprint density at radius 1 is 1.40 bits per heavy atom. The van der Waals surface area contributed by atoms with Gasteiger partial charge in [-0.1, -0.05) is 13.0 Å². The van der Waals surface area contributed by atoms with Gasteiger partial charge in [-0.15, -0.1) is 0 Å². The fourth-order valence-corrected chi connectivity index (χ4v) is 2.46. The summed E-state index contributed by atoms with van der Waals surface area (Å²) in [5, 5.41) is 3.47. The van der Waals surface area contributed by atoms with Gasteiger partial charge in [0.1, 0.15) is 0 Å². The Morgan fingerprint density at radius 2 is 2.20 bits per heavy atom. The Morgan fingerprint density at radius 3 is 2.93 bits per heavy atom. The van der Waals surface area contributed by atoms with Crippen LogP contribution in [0.25, 0.3) is 0 Å². The second-order valence-corrected chi connectivity index (χ2v) is 4.69. The molecule has 0 aromatic heterocycles. The van der Waals surface area contributed by atoms with Crippen molar-refractivity contribution in [2.75, 3.05) is 18.8 Å². The lowest BCUT2D eigenvalue weighted by Gasteiger charge is -2.31. The maximum absolute atomic E-state index is 5.86. The van der Waals surface area contributed by atoms with E-state index in [4.69, 9.17) is 5.73 Å². The van der Waals surface area contributed by atoms with Crippen molar-refractivity contribution in [1.82, 2.24) is 5.32 Å². The van der Waals surface area contributed by atoms with Crippen LogP contribution in [-0.4, -0.2) is 13.1 Å². The molecule has 1 aliphatic heterocycles. The van der Waals surface area contributed by atoms with Gasteiger partial charge in [0.15, 0.2) is 0 Å². The molecule has 0 spiro atoms. The van der Waals surface area contributed by atoms with E-state index in [9.17, 15) is 0 Å². The van der Waals surface area contributed by atoms with Gasteiger partial charge in [0.2, 0.25) is 0 Å². The maximum Gasteiger partial charge on any atom is 0.0317 e. The van der Waals surface area contributed by atoms with E-state index < -0.39 is 0 Å². The van der Waals surface area contributed by atoms with Crippen molar-refractivity contribution in [2.45, 2.75) is 26.2 Å². The van der Waals surface area contributed by atoms with E-state index in [-0.39, 0.29) is 0 Å². The average Bonchev–Trinajstić information content (AvgIpc) is 2.23. The van der Waals surface area contributed by atoms with E-state index in [0.29, 0.717) is 5.92 Å². The molecule has 2 nitrogen and oxygen atoms in total. The molecule has 0 bridgehead atoms. The summed E-state index contributed by atoms with van der Waals surface area (Å²) in [6.07, 6.45) is 1.26. The summed E-state index contributed by atoms with van der Waals surface area (Å²) in [5.74, 6) is 1.38. The molecule has 2 heteroatoms. The first-order chi connectivity index (χ1) is 7.18. The molecule has 15 heavy (non-hydrogen) atoms. The van der Waals surface area contributed by atoms with Gasteiger partial charge < -0.3 is 11.1 Å². The molecule has 2 unspecified atom stereocenters. The molecule has 0 aliphatic carbocycles. The number of aryl methyl sites for hydroxylation is 1. The molecule has 0 amide bonds. The maximum atomic E-state index is 5.86. The topological polar surface area (TPSA) is 38.0 Å². The SMILES string of the molecule is Cc1ccc(N)cc1C1CNCCC1C. The van der Waals surface area contributed by atoms with Crippen LogP contribution in [0.1, 0.15) is 30.4 Å². The third kappa shape index (κ3) is 2.15. The van der Waals surface area contributed by atoms with Gasteiger partial charge in [0.05, 0.1) is 0 Å². The number of benzene rings is 1. The predicted octanol–water partition coefficient (Wildman–Crippen LogP) is 2.29. The smallest absolute Gasteiger partial charge is 0.0317 e. The second kappa shape index (κ2) is 4.23. The Hall–Kier alpha value is -1.02. The number of nitrogens with two attached hydrogens (primary N) is 1. The highest BCUT2D eigenvalue weighted by Crippen LogP contribution is 2.31. The van der Waals surface area contributed by atoms with Crippen LogP contribution in [-0.2, 0) is 0 Å². The molecule has 1 aromatic carbocycles. The van der Waals surface area contributed by atoms with Crippen LogP contribution >= 0.6 is 0 Å². The van der Waals surface area contributed by atoms with Gasteiger partial charge >= 0.3 is 0 Å². The zero-order valence-corrected chi connectivity index (χ0v) is 9.59. The number of nitrogens with one attached hydrogen (secondary N) is 1. The van der Waals surface area contributed by atoms with Crippen molar-refractivity contribution >= 4 is 5.69 Å². The van der Waals surface area contributed by atoms with Crippen molar-refractivity contribution < 1.29 is 0 Å². The van der Waals surface area contributed by atoms with Crippen molar-refractivity contribution in [3.8, 4) is 0 Å². The minimum Gasteiger partial charge on any atom is -0.399 e. The van der Waals surface area contributed by atoms with Crippen LogP contribution in [0, 0.1) is 12.8 Å². The quantitative estimate of drug-likeness (QED) is 0.689. The molecule has 2 rings (SSSR count). The zero-order chi connectivity index (χ0) is 10.8. The molecule has 82 valence electrons. The van der Waals surface area contributed by atoms with Crippen molar-refractivity contribution in [1.29, 1.82) is 0 Å². The van der Waals surface area contributed by atoms with E-state index in [1.807, 2.05) is 6.07 Å². The summed E-state index contributed by atoms with van der Waals surface area (Å²) in [5.41, 5.74) is 9.53. The lowest BCUT2D eigenvalue weighted by molar-refractivity contribution is 0.347. The molecule has 0 radical (unpaired) electrons. The van der Waals surface area contributed by atoms with Crippen LogP contribution in [0.2, 0.25) is 0 Å². The number of anilines is 1. The molecule has 1 fully saturated rings. The van der Waals surface area contributed by atoms with Crippen LogP contribution < -0.4 is 11.1 Å². The second-order valence-electron chi connectivity index (χ2n) is 4.69. The van der Waals surface area contributed by atoms with Crippen LogP contribution in [0.3, 0.4) is 0 Å². The van der Waals surface area contributed by atoms with Gasteiger partial charge in [0, 0.05) is 12.2 Å². The fourth-order valence-electron chi connectivity index (χ4n) is 2.46. The Kier molecular flexibility index (Phi) is 2.96. The van der Waals surface area contributed by atoms with Gasteiger partial charge in [-0.25, -0.2) is 0 Å². The highest BCUT2D eigenvalue weighted by Gasteiger charge is 2.23. The number of hydrogen-bond acceptors (Lipinski definition) is 2. The molecule has 1 aromatic rings.